The van der Waals surface area contributed by atoms with Gasteiger partial charge in [0.2, 0.25) is 0 Å². The average Bonchev–Trinajstić information content (AvgIpc) is 2.72. The van der Waals surface area contributed by atoms with Gasteiger partial charge in [0.25, 0.3) is 0 Å². The largest absolute Gasteiger partial charge is 0.464 e. The number of pyridine rings is 1. The van der Waals surface area contributed by atoms with Crippen molar-refractivity contribution in [2.45, 2.75) is 20.4 Å². The Morgan fingerprint density at radius 2 is 1.40 bits per heavy atom. The number of aromatic nitrogens is 1. The van der Waals surface area contributed by atoms with Crippen LogP contribution in [0, 0.1) is 0 Å². The molecule has 0 atom stereocenters. The topological polar surface area (TPSA) is 85.7 Å². The van der Waals surface area contributed by atoms with Gasteiger partial charge in [0, 0.05) is 31.7 Å². The van der Waals surface area contributed by atoms with E-state index in [1.54, 1.807) is 0 Å². The predicted molar refractivity (Wildman–Crippen MR) is 117 cm³/mol. The second-order valence-electron chi connectivity index (χ2n) is 6.75. The van der Waals surface area contributed by atoms with Gasteiger partial charge in [-0.1, -0.05) is 24.3 Å². The Kier molecular flexibility index (Phi) is 9.54. The molecule has 1 aromatic carbocycles. The summed E-state index contributed by atoms with van der Waals surface area (Å²) in [6.07, 6.45) is 8.13. The molecule has 0 saturated heterocycles. The molecule has 0 aliphatic carbocycles. The van der Waals surface area contributed by atoms with E-state index >= 15 is 0 Å². The van der Waals surface area contributed by atoms with Crippen LogP contribution >= 0.6 is 0 Å². The first-order chi connectivity index (χ1) is 14.5. The lowest BCUT2D eigenvalue weighted by atomic mass is 10.1. The quantitative estimate of drug-likeness (QED) is 0.449. The fraction of sp³-hybridized carbons (Fsp3) is 0.348. The number of ether oxygens (including phenoxy) is 2. The molecule has 1 aromatic heterocycles. The van der Waals surface area contributed by atoms with Crippen LogP contribution in [-0.4, -0.2) is 44.8 Å². The zero-order valence-corrected chi connectivity index (χ0v) is 17.6. The molecule has 0 spiro atoms. The van der Waals surface area contributed by atoms with Crippen molar-refractivity contribution >= 4 is 29.8 Å². The maximum atomic E-state index is 11.0. The van der Waals surface area contributed by atoms with Crippen LogP contribution in [0.4, 0.5) is 5.69 Å². The summed E-state index contributed by atoms with van der Waals surface area (Å²) in [7, 11) is 0. The summed E-state index contributed by atoms with van der Waals surface area (Å²) in [5.41, 5.74) is 8.71. The van der Waals surface area contributed by atoms with Crippen molar-refractivity contribution in [2.75, 3.05) is 37.7 Å². The lowest BCUT2D eigenvalue weighted by Gasteiger charge is -2.24. The summed E-state index contributed by atoms with van der Waals surface area (Å²) < 4.78 is 12.1. The van der Waals surface area contributed by atoms with Crippen molar-refractivity contribution in [3.8, 4) is 0 Å². The van der Waals surface area contributed by atoms with Crippen LogP contribution in [-0.2, 0) is 25.6 Å². The molecular weight excluding hydrogens is 382 g/mol. The summed E-state index contributed by atoms with van der Waals surface area (Å²) in [5, 5.41) is 0. The summed E-state index contributed by atoms with van der Waals surface area (Å²) in [4.78, 5) is 24.1. The van der Waals surface area contributed by atoms with Crippen LogP contribution in [0.1, 0.15) is 25.0 Å². The van der Waals surface area contributed by atoms with E-state index in [0.717, 1.165) is 23.4 Å². The van der Waals surface area contributed by atoms with E-state index in [1.807, 2.05) is 58.3 Å². The normalized spacial score (nSPS) is 10.8. The van der Waals surface area contributed by atoms with Crippen LogP contribution in [0.25, 0.3) is 12.2 Å². The van der Waals surface area contributed by atoms with Gasteiger partial charge in [-0.15, -0.1) is 0 Å². The highest BCUT2D eigenvalue weighted by Crippen LogP contribution is 2.17. The van der Waals surface area contributed by atoms with E-state index < -0.39 is 0 Å². The minimum absolute atomic E-state index is 0.273. The van der Waals surface area contributed by atoms with Crippen LogP contribution in [0.5, 0.6) is 0 Å². The van der Waals surface area contributed by atoms with E-state index in [9.17, 15) is 9.59 Å². The number of anilines is 1. The molecule has 0 aliphatic heterocycles. The van der Waals surface area contributed by atoms with E-state index in [0.29, 0.717) is 19.6 Å². The summed E-state index contributed by atoms with van der Waals surface area (Å²) in [5.74, 6) is -0.630. The molecule has 160 valence electrons. The number of hydrogen-bond acceptors (Lipinski definition) is 6. The molecule has 2 N–H and O–H groups in total. The van der Waals surface area contributed by atoms with Gasteiger partial charge in [0.1, 0.15) is 13.2 Å². The molecule has 2 aromatic rings. The molecule has 0 radical (unpaired) electrons. The average molecular weight is 413 g/mol. The van der Waals surface area contributed by atoms with Crippen LogP contribution in [0.3, 0.4) is 0 Å². The number of esters is 2. The van der Waals surface area contributed by atoms with Gasteiger partial charge in [0.05, 0.1) is 19.6 Å². The van der Waals surface area contributed by atoms with Crippen molar-refractivity contribution in [3.05, 3.63) is 59.9 Å². The molecule has 0 bridgehead atoms. The van der Waals surface area contributed by atoms with E-state index in [2.05, 4.69) is 12.2 Å². The molecule has 30 heavy (non-hydrogen) atoms. The first-order valence-corrected chi connectivity index (χ1v) is 9.97. The number of rotatable bonds is 11. The van der Waals surface area contributed by atoms with Crippen LogP contribution in [0.2, 0.25) is 0 Å². The lowest BCUT2D eigenvalue weighted by molar-refractivity contribution is -0.694. The summed E-state index contributed by atoms with van der Waals surface area (Å²) in [6.45, 7) is 5.77. The Morgan fingerprint density at radius 3 is 1.87 bits per heavy atom. The molecule has 2 rings (SSSR count). The second kappa shape index (κ2) is 12.4. The third kappa shape index (κ3) is 8.45. The van der Waals surface area contributed by atoms with Crippen LogP contribution < -0.4 is 15.2 Å². The molecular formula is C23H30N3O4+. The fourth-order valence-corrected chi connectivity index (χ4v) is 2.84. The lowest BCUT2D eigenvalue weighted by Crippen LogP contribution is -2.36. The molecule has 7 nitrogen and oxygen atoms in total. The third-order valence-corrected chi connectivity index (χ3v) is 4.36. The van der Waals surface area contributed by atoms with Gasteiger partial charge < -0.3 is 20.1 Å². The van der Waals surface area contributed by atoms with Crippen molar-refractivity contribution in [3.63, 3.8) is 0 Å². The molecule has 0 fully saturated rings. The molecule has 0 unspecified atom stereocenters. The maximum Gasteiger partial charge on any atom is 0.302 e. The first-order valence-electron chi connectivity index (χ1n) is 9.97. The molecule has 0 saturated carbocycles. The van der Waals surface area contributed by atoms with E-state index in [4.69, 9.17) is 15.2 Å². The minimum atomic E-state index is -0.315. The highest BCUT2D eigenvalue weighted by atomic mass is 16.5. The Balaban J connectivity index is 2.00. The zero-order valence-electron chi connectivity index (χ0n) is 17.6. The summed E-state index contributed by atoms with van der Waals surface area (Å²) in [6, 6.07) is 12.1. The van der Waals surface area contributed by atoms with Gasteiger partial charge in [-0.3, -0.25) is 9.59 Å². The zero-order chi connectivity index (χ0) is 21.8. The number of carbonyl (C=O) groups excluding carboxylic acids is 2. The Labute approximate surface area is 177 Å². The van der Waals surface area contributed by atoms with Crippen molar-refractivity contribution in [1.29, 1.82) is 0 Å². The SMILES string of the molecule is CC(=O)OCCN(CCOC(C)=O)c1ccc(/C=C/c2cc[n+](CCN)cc2)cc1. The van der Waals surface area contributed by atoms with Gasteiger partial charge >= 0.3 is 11.9 Å². The van der Waals surface area contributed by atoms with Gasteiger partial charge in [-0.05, 0) is 23.3 Å². The van der Waals surface area contributed by atoms with Crippen molar-refractivity contribution in [1.82, 2.24) is 0 Å². The fourth-order valence-electron chi connectivity index (χ4n) is 2.84. The van der Waals surface area contributed by atoms with Crippen molar-refractivity contribution in [2.24, 2.45) is 5.73 Å². The predicted octanol–water partition coefficient (Wildman–Crippen LogP) is 2.04. The monoisotopic (exact) mass is 412 g/mol. The molecule has 0 amide bonds. The first kappa shape index (κ1) is 23.1. The van der Waals surface area contributed by atoms with Gasteiger partial charge in [-0.25, -0.2) is 4.57 Å². The van der Waals surface area contributed by atoms with Gasteiger partial charge in [0.15, 0.2) is 18.9 Å². The van der Waals surface area contributed by atoms with E-state index in [-0.39, 0.29) is 25.2 Å². The number of nitrogens with zero attached hydrogens (tertiary/aromatic N) is 2. The van der Waals surface area contributed by atoms with E-state index in [1.165, 1.54) is 13.8 Å². The molecule has 1 heterocycles. The molecule has 7 heteroatoms. The smallest absolute Gasteiger partial charge is 0.302 e. The maximum absolute atomic E-state index is 11.0. The highest BCUT2D eigenvalue weighted by molar-refractivity contribution is 5.70. The third-order valence-electron chi connectivity index (χ3n) is 4.36. The Hall–Kier alpha value is -3.19. The minimum Gasteiger partial charge on any atom is -0.464 e. The summed E-state index contributed by atoms with van der Waals surface area (Å²) >= 11 is 0. The number of benzene rings is 1. The standard InChI is InChI=1S/C23H30N3O4/c1-19(27)29-17-15-26(16-18-30-20(2)28)23-7-5-21(6-8-23)3-4-22-9-12-25(13-10-22)14-11-24/h3-10,12-13H,11,14-18,24H2,1-2H3/q+1. The number of nitrogens with two attached hydrogens (primary N) is 1. The number of hydrogen-bond donors (Lipinski definition) is 1. The van der Waals surface area contributed by atoms with Crippen LogP contribution in [0.15, 0.2) is 48.8 Å². The van der Waals surface area contributed by atoms with Gasteiger partial charge in [-0.2, -0.15) is 0 Å². The highest BCUT2D eigenvalue weighted by Gasteiger charge is 2.08. The Bertz CT molecular complexity index is 813. The second-order valence-corrected chi connectivity index (χ2v) is 6.75. The molecule has 0 aliphatic rings. The number of carbonyl (C=O) groups is 2. The van der Waals surface area contributed by atoms with Crippen molar-refractivity contribution < 1.29 is 23.6 Å². The Morgan fingerprint density at radius 1 is 0.900 bits per heavy atom.